The SMILES string of the molecule is COc1ccc(N2C[C@H](C(=O)NNC(=O)c3cccc(OC)c3)CC2=O)cc1. The summed E-state index contributed by atoms with van der Waals surface area (Å²) in [6.45, 7) is 0.242. The lowest BCUT2D eigenvalue weighted by Gasteiger charge is -2.17. The Hall–Kier alpha value is -3.55. The van der Waals surface area contributed by atoms with Crippen molar-refractivity contribution in [3.8, 4) is 11.5 Å². The number of ether oxygens (including phenoxy) is 2. The number of carbonyl (C=O) groups excluding carboxylic acids is 3. The molecule has 1 fully saturated rings. The fourth-order valence-corrected chi connectivity index (χ4v) is 2.95. The Bertz CT molecular complexity index is 882. The van der Waals surface area contributed by atoms with E-state index in [1.807, 2.05) is 0 Å². The normalized spacial score (nSPS) is 15.9. The molecule has 0 aromatic heterocycles. The van der Waals surface area contributed by atoms with Crippen molar-refractivity contribution < 1.29 is 23.9 Å². The summed E-state index contributed by atoms with van der Waals surface area (Å²) in [5, 5.41) is 0. The lowest BCUT2D eigenvalue weighted by molar-refractivity contribution is -0.126. The molecule has 146 valence electrons. The van der Waals surface area contributed by atoms with Crippen LogP contribution >= 0.6 is 0 Å². The third-order valence-electron chi connectivity index (χ3n) is 4.51. The van der Waals surface area contributed by atoms with Crippen molar-refractivity contribution in [1.29, 1.82) is 0 Å². The molecule has 3 amide bonds. The van der Waals surface area contributed by atoms with Crippen LogP contribution in [0, 0.1) is 5.92 Å². The number of amides is 3. The fourth-order valence-electron chi connectivity index (χ4n) is 2.95. The molecule has 0 saturated carbocycles. The smallest absolute Gasteiger partial charge is 0.269 e. The molecule has 2 N–H and O–H groups in total. The van der Waals surface area contributed by atoms with Crippen LogP contribution in [0.5, 0.6) is 11.5 Å². The maximum atomic E-state index is 12.4. The number of hydrogen-bond acceptors (Lipinski definition) is 5. The van der Waals surface area contributed by atoms with Crippen LogP contribution in [-0.2, 0) is 9.59 Å². The molecule has 28 heavy (non-hydrogen) atoms. The largest absolute Gasteiger partial charge is 0.497 e. The first-order chi connectivity index (χ1) is 13.5. The summed E-state index contributed by atoms with van der Waals surface area (Å²) < 4.78 is 10.2. The molecule has 1 heterocycles. The van der Waals surface area contributed by atoms with Crippen molar-refractivity contribution in [3.05, 3.63) is 54.1 Å². The van der Waals surface area contributed by atoms with Crippen molar-refractivity contribution in [1.82, 2.24) is 10.9 Å². The number of benzene rings is 2. The second kappa shape index (κ2) is 8.43. The Morgan fingerprint density at radius 1 is 1.00 bits per heavy atom. The molecular weight excluding hydrogens is 362 g/mol. The van der Waals surface area contributed by atoms with Crippen LogP contribution in [0.25, 0.3) is 0 Å². The highest BCUT2D eigenvalue weighted by Crippen LogP contribution is 2.26. The average molecular weight is 383 g/mol. The first-order valence-corrected chi connectivity index (χ1v) is 8.70. The van der Waals surface area contributed by atoms with Gasteiger partial charge in [0, 0.05) is 24.2 Å². The van der Waals surface area contributed by atoms with Gasteiger partial charge in [0.1, 0.15) is 11.5 Å². The maximum Gasteiger partial charge on any atom is 0.269 e. The van der Waals surface area contributed by atoms with Crippen molar-refractivity contribution in [2.24, 2.45) is 5.92 Å². The molecule has 0 bridgehead atoms. The molecule has 1 aliphatic rings. The standard InChI is InChI=1S/C20H21N3O5/c1-27-16-8-6-15(7-9-16)23-12-14(11-18(23)24)20(26)22-21-19(25)13-4-3-5-17(10-13)28-2/h3-10,14H,11-12H2,1-2H3,(H,21,25)(H,22,26)/t14-/m1/s1. The van der Waals surface area contributed by atoms with Gasteiger partial charge in [0.15, 0.2) is 0 Å². The lowest BCUT2D eigenvalue weighted by Crippen LogP contribution is -2.45. The zero-order valence-electron chi connectivity index (χ0n) is 15.6. The average Bonchev–Trinajstić information content (AvgIpc) is 3.13. The predicted molar refractivity (Wildman–Crippen MR) is 102 cm³/mol. The van der Waals surface area contributed by atoms with Crippen LogP contribution in [0.3, 0.4) is 0 Å². The van der Waals surface area contributed by atoms with Gasteiger partial charge in [-0.3, -0.25) is 25.2 Å². The van der Waals surface area contributed by atoms with E-state index in [0.29, 0.717) is 22.7 Å². The molecule has 3 rings (SSSR count). The fraction of sp³-hybridized carbons (Fsp3) is 0.250. The Labute approximate surface area is 162 Å². The zero-order chi connectivity index (χ0) is 20.1. The quantitative estimate of drug-likeness (QED) is 0.763. The summed E-state index contributed by atoms with van der Waals surface area (Å²) in [7, 11) is 3.07. The predicted octanol–water partition coefficient (Wildman–Crippen LogP) is 1.52. The highest BCUT2D eigenvalue weighted by atomic mass is 16.5. The highest BCUT2D eigenvalue weighted by Gasteiger charge is 2.35. The van der Waals surface area contributed by atoms with E-state index in [2.05, 4.69) is 10.9 Å². The number of nitrogens with one attached hydrogen (secondary N) is 2. The summed E-state index contributed by atoms with van der Waals surface area (Å²) in [5.74, 6) is -0.366. The molecular formula is C20H21N3O5. The topological polar surface area (TPSA) is 97.0 Å². The van der Waals surface area contributed by atoms with Gasteiger partial charge in [-0.15, -0.1) is 0 Å². The second-order valence-corrected chi connectivity index (χ2v) is 6.28. The Kier molecular flexibility index (Phi) is 5.78. The number of anilines is 1. The van der Waals surface area contributed by atoms with Gasteiger partial charge in [0.05, 0.1) is 20.1 Å². The van der Waals surface area contributed by atoms with Crippen LogP contribution < -0.4 is 25.2 Å². The summed E-state index contributed by atoms with van der Waals surface area (Å²) in [6.07, 6.45) is 0.0763. The Balaban J connectivity index is 1.57. The third-order valence-corrected chi connectivity index (χ3v) is 4.51. The van der Waals surface area contributed by atoms with Gasteiger partial charge in [-0.25, -0.2) is 0 Å². The number of hydrogen-bond donors (Lipinski definition) is 2. The number of carbonyl (C=O) groups is 3. The van der Waals surface area contributed by atoms with Gasteiger partial charge in [-0.1, -0.05) is 6.07 Å². The number of nitrogens with zero attached hydrogens (tertiary/aromatic N) is 1. The van der Waals surface area contributed by atoms with E-state index in [9.17, 15) is 14.4 Å². The van der Waals surface area contributed by atoms with Gasteiger partial charge in [-0.2, -0.15) is 0 Å². The van der Waals surface area contributed by atoms with Crippen molar-refractivity contribution >= 4 is 23.4 Å². The van der Waals surface area contributed by atoms with E-state index < -0.39 is 17.7 Å². The van der Waals surface area contributed by atoms with E-state index in [0.717, 1.165) is 0 Å². The molecule has 1 saturated heterocycles. The first-order valence-electron chi connectivity index (χ1n) is 8.70. The molecule has 2 aromatic rings. The Morgan fingerprint density at radius 3 is 2.39 bits per heavy atom. The van der Waals surface area contributed by atoms with E-state index in [1.54, 1.807) is 60.5 Å². The van der Waals surface area contributed by atoms with Crippen molar-refractivity contribution in [2.75, 3.05) is 25.7 Å². The van der Waals surface area contributed by atoms with Crippen molar-refractivity contribution in [2.45, 2.75) is 6.42 Å². The van der Waals surface area contributed by atoms with Gasteiger partial charge < -0.3 is 14.4 Å². The van der Waals surface area contributed by atoms with E-state index >= 15 is 0 Å². The molecule has 0 radical (unpaired) electrons. The van der Waals surface area contributed by atoms with Gasteiger partial charge >= 0.3 is 0 Å². The van der Waals surface area contributed by atoms with E-state index in [1.165, 1.54) is 7.11 Å². The van der Waals surface area contributed by atoms with Gasteiger partial charge in [0.2, 0.25) is 11.8 Å². The Morgan fingerprint density at radius 2 is 1.71 bits per heavy atom. The lowest BCUT2D eigenvalue weighted by atomic mass is 10.1. The number of methoxy groups -OCH3 is 2. The summed E-state index contributed by atoms with van der Waals surface area (Å²) in [4.78, 5) is 38.4. The molecule has 2 aromatic carbocycles. The van der Waals surface area contributed by atoms with Crippen LogP contribution in [-0.4, -0.2) is 38.5 Å². The minimum atomic E-state index is -0.555. The third kappa shape index (κ3) is 4.22. The minimum absolute atomic E-state index is 0.0763. The number of rotatable bonds is 5. The molecule has 0 unspecified atom stereocenters. The molecule has 8 heteroatoms. The van der Waals surface area contributed by atoms with Crippen LogP contribution in [0.2, 0.25) is 0 Å². The van der Waals surface area contributed by atoms with Crippen LogP contribution in [0.4, 0.5) is 5.69 Å². The molecule has 1 atom stereocenters. The van der Waals surface area contributed by atoms with E-state index in [4.69, 9.17) is 9.47 Å². The first kappa shape index (κ1) is 19.2. The highest BCUT2D eigenvalue weighted by molar-refractivity contribution is 6.01. The number of hydrazine groups is 1. The van der Waals surface area contributed by atoms with Gasteiger partial charge in [0.25, 0.3) is 5.91 Å². The van der Waals surface area contributed by atoms with Gasteiger partial charge in [-0.05, 0) is 42.5 Å². The molecule has 8 nitrogen and oxygen atoms in total. The zero-order valence-corrected chi connectivity index (χ0v) is 15.6. The summed E-state index contributed by atoms with van der Waals surface area (Å²) in [5.41, 5.74) is 5.81. The maximum absolute atomic E-state index is 12.4. The van der Waals surface area contributed by atoms with Crippen LogP contribution in [0.15, 0.2) is 48.5 Å². The monoisotopic (exact) mass is 383 g/mol. The van der Waals surface area contributed by atoms with Crippen LogP contribution in [0.1, 0.15) is 16.8 Å². The second-order valence-electron chi connectivity index (χ2n) is 6.28. The molecule has 0 aliphatic carbocycles. The minimum Gasteiger partial charge on any atom is -0.497 e. The summed E-state index contributed by atoms with van der Waals surface area (Å²) >= 11 is 0. The van der Waals surface area contributed by atoms with E-state index in [-0.39, 0.29) is 18.9 Å². The summed E-state index contributed by atoms with van der Waals surface area (Å²) in [6, 6.07) is 13.6. The molecule has 1 aliphatic heterocycles. The van der Waals surface area contributed by atoms with Crippen molar-refractivity contribution in [3.63, 3.8) is 0 Å². The molecule has 0 spiro atoms.